The topological polar surface area (TPSA) is 127 Å². The number of ether oxygens (including phenoxy) is 1. The molecule has 0 aliphatic rings. The van der Waals surface area contributed by atoms with Crippen molar-refractivity contribution in [3.8, 4) is 0 Å². The second kappa shape index (κ2) is 17.4. The first kappa shape index (κ1) is 26.3. The molecule has 162 valence electrons. The van der Waals surface area contributed by atoms with Gasteiger partial charge in [0.15, 0.2) is 6.10 Å². The summed E-state index contributed by atoms with van der Waals surface area (Å²) in [4.78, 5) is 11.8. The first-order valence-corrected chi connectivity index (χ1v) is 10.4. The van der Waals surface area contributed by atoms with Crippen molar-refractivity contribution in [1.29, 1.82) is 0 Å². The Hall–Kier alpha value is -0.730. The van der Waals surface area contributed by atoms with Crippen LogP contribution in [0.15, 0.2) is 0 Å². The van der Waals surface area contributed by atoms with Gasteiger partial charge in [0, 0.05) is 6.42 Å². The Bertz CT molecular complexity index is 351. The minimum atomic E-state index is -1.71. The predicted octanol–water partition coefficient (Wildman–Crippen LogP) is 1.67. The van der Waals surface area contributed by atoms with E-state index in [0.717, 1.165) is 19.3 Å². The molecule has 0 radical (unpaired) electrons. The highest BCUT2D eigenvalue weighted by atomic mass is 16.6. The van der Waals surface area contributed by atoms with Crippen LogP contribution >= 0.6 is 0 Å². The van der Waals surface area contributed by atoms with Gasteiger partial charge in [0.05, 0.1) is 13.2 Å². The van der Waals surface area contributed by atoms with Gasteiger partial charge in [0.25, 0.3) is 0 Å². The van der Waals surface area contributed by atoms with Gasteiger partial charge in [-0.2, -0.15) is 0 Å². The summed E-state index contributed by atoms with van der Waals surface area (Å²) in [6, 6.07) is 0. The van der Waals surface area contributed by atoms with Crippen LogP contribution in [0.1, 0.15) is 84.0 Å². The SMILES string of the molecule is CCCCCCCCCCCCCC(=O)O[C@H](CO)[C@@H](O)[C@H](O)[C@H](O)CO. The van der Waals surface area contributed by atoms with Crippen LogP contribution in [0.5, 0.6) is 0 Å². The Labute approximate surface area is 163 Å². The summed E-state index contributed by atoms with van der Waals surface area (Å²) in [5, 5.41) is 46.7. The molecule has 0 heterocycles. The van der Waals surface area contributed by atoms with E-state index in [1.165, 1.54) is 44.9 Å². The number of carbonyl (C=O) groups is 1. The van der Waals surface area contributed by atoms with E-state index in [1.807, 2.05) is 0 Å². The maximum Gasteiger partial charge on any atom is 0.306 e. The van der Waals surface area contributed by atoms with E-state index >= 15 is 0 Å². The van der Waals surface area contributed by atoms with E-state index in [0.29, 0.717) is 6.42 Å². The Morgan fingerprint density at radius 2 is 1.22 bits per heavy atom. The van der Waals surface area contributed by atoms with Crippen LogP contribution in [0.2, 0.25) is 0 Å². The summed E-state index contributed by atoms with van der Waals surface area (Å²) >= 11 is 0. The van der Waals surface area contributed by atoms with E-state index in [2.05, 4.69) is 6.92 Å². The molecule has 0 rings (SSSR count). The van der Waals surface area contributed by atoms with Crippen molar-refractivity contribution in [3.05, 3.63) is 0 Å². The molecule has 0 aromatic heterocycles. The molecule has 5 N–H and O–H groups in total. The zero-order valence-corrected chi connectivity index (χ0v) is 16.8. The van der Waals surface area contributed by atoms with E-state index in [1.54, 1.807) is 0 Å². The average molecular weight is 393 g/mol. The largest absolute Gasteiger partial charge is 0.457 e. The molecule has 27 heavy (non-hydrogen) atoms. The summed E-state index contributed by atoms with van der Waals surface area (Å²) in [5.41, 5.74) is 0. The molecule has 0 amide bonds. The average Bonchev–Trinajstić information content (AvgIpc) is 2.68. The minimum absolute atomic E-state index is 0.179. The first-order chi connectivity index (χ1) is 13.0. The molecular formula is C20H40O7. The summed E-state index contributed by atoms with van der Waals surface area (Å²) in [5.74, 6) is -0.560. The van der Waals surface area contributed by atoms with Crippen molar-refractivity contribution in [2.45, 2.75) is 108 Å². The number of rotatable bonds is 18. The van der Waals surface area contributed by atoms with E-state index in [-0.39, 0.29) is 6.42 Å². The monoisotopic (exact) mass is 392 g/mol. The molecule has 0 saturated heterocycles. The molecule has 0 fully saturated rings. The number of aliphatic hydroxyl groups is 5. The number of unbranched alkanes of at least 4 members (excludes halogenated alkanes) is 10. The third-order valence-electron chi connectivity index (χ3n) is 4.76. The third kappa shape index (κ3) is 13.1. The fraction of sp³-hybridized carbons (Fsp3) is 0.950. The van der Waals surface area contributed by atoms with Gasteiger partial charge in [-0.05, 0) is 6.42 Å². The van der Waals surface area contributed by atoms with E-state index < -0.39 is 43.6 Å². The molecule has 7 heteroatoms. The maximum absolute atomic E-state index is 11.8. The lowest BCUT2D eigenvalue weighted by molar-refractivity contribution is -0.171. The molecule has 0 aliphatic carbocycles. The molecule has 0 spiro atoms. The molecule has 7 nitrogen and oxygen atoms in total. The number of esters is 1. The van der Waals surface area contributed by atoms with E-state index in [4.69, 9.17) is 9.84 Å². The number of aliphatic hydroxyl groups excluding tert-OH is 5. The molecular weight excluding hydrogens is 352 g/mol. The van der Waals surface area contributed by atoms with Gasteiger partial charge in [-0.3, -0.25) is 4.79 Å². The minimum Gasteiger partial charge on any atom is -0.457 e. The highest BCUT2D eigenvalue weighted by molar-refractivity contribution is 5.69. The fourth-order valence-electron chi connectivity index (χ4n) is 2.93. The Morgan fingerprint density at radius 1 is 0.741 bits per heavy atom. The standard InChI is InChI=1S/C20H40O7/c1-2-3-4-5-6-7-8-9-10-11-12-13-18(24)27-17(15-22)20(26)19(25)16(23)14-21/h16-17,19-23,25-26H,2-15H2,1H3/t16-,17-,19-,20-/m1/s1. The fourth-order valence-corrected chi connectivity index (χ4v) is 2.93. The maximum atomic E-state index is 11.8. The molecule has 0 aromatic rings. The van der Waals surface area contributed by atoms with Crippen molar-refractivity contribution in [2.24, 2.45) is 0 Å². The van der Waals surface area contributed by atoms with Crippen LogP contribution in [0.25, 0.3) is 0 Å². The highest BCUT2D eigenvalue weighted by Gasteiger charge is 2.33. The lowest BCUT2D eigenvalue weighted by Crippen LogP contribution is -2.48. The Kier molecular flexibility index (Phi) is 16.9. The molecule has 0 aliphatic heterocycles. The second-order valence-corrected chi connectivity index (χ2v) is 7.23. The number of hydrogen-bond donors (Lipinski definition) is 5. The smallest absolute Gasteiger partial charge is 0.306 e. The lowest BCUT2D eigenvalue weighted by Gasteiger charge is -2.27. The zero-order chi connectivity index (χ0) is 20.5. The van der Waals surface area contributed by atoms with Crippen LogP contribution in [0.3, 0.4) is 0 Å². The molecule has 0 aromatic carbocycles. The predicted molar refractivity (Wildman–Crippen MR) is 103 cm³/mol. The van der Waals surface area contributed by atoms with Gasteiger partial charge in [-0.15, -0.1) is 0 Å². The van der Waals surface area contributed by atoms with Crippen molar-refractivity contribution in [2.75, 3.05) is 13.2 Å². The van der Waals surface area contributed by atoms with Gasteiger partial charge in [-0.1, -0.05) is 71.1 Å². The number of hydrogen-bond acceptors (Lipinski definition) is 7. The van der Waals surface area contributed by atoms with Crippen molar-refractivity contribution in [3.63, 3.8) is 0 Å². The normalized spacial score (nSPS) is 15.9. The van der Waals surface area contributed by atoms with Gasteiger partial charge in [0.1, 0.15) is 18.3 Å². The van der Waals surface area contributed by atoms with Crippen molar-refractivity contribution >= 4 is 5.97 Å². The summed E-state index contributed by atoms with van der Waals surface area (Å²) < 4.78 is 4.98. The van der Waals surface area contributed by atoms with Gasteiger partial charge < -0.3 is 30.3 Å². The highest BCUT2D eigenvalue weighted by Crippen LogP contribution is 2.13. The van der Waals surface area contributed by atoms with Gasteiger partial charge >= 0.3 is 5.97 Å². The molecule has 4 atom stereocenters. The second-order valence-electron chi connectivity index (χ2n) is 7.23. The van der Waals surface area contributed by atoms with Crippen LogP contribution < -0.4 is 0 Å². The van der Waals surface area contributed by atoms with Gasteiger partial charge in [0.2, 0.25) is 0 Å². The van der Waals surface area contributed by atoms with Crippen molar-refractivity contribution < 1.29 is 35.1 Å². The van der Waals surface area contributed by atoms with Crippen LogP contribution in [-0.2, 0) is 9.53 Å². The van der Waals surface area contributed by atoms with E-state index in [9.17, 15) is 25.2 Å². The Balaban J connectivity index is 3.77. The molecule has 0 unspecified atom stereocenters. The third-order valence-corrected chi connectivity index (χ3v) is 4.76. The summed E-state index contributed by atoms with van der Waals surface area (Å²) in [6.07, 6.45) is 6.76. The Morgan fingerprint density at radius 3 is 1.67 bits per heavy atom. The number of carbonyl (C=O) groups excluding carboxylic acids is 1. The first-order valence-electron chi connectivity index (χ1n) is 10.4. The molecule has 0 bridgehead atoms. The lowest BCUT2D eigenvalue weighted by atomic mass is 10.0. The zero-order valence-electron chi connectivity index (χ0n) is 16.8. The summed E-state index contributed by atoms with van der Waals surface area (Å²) in [6.45, 7) is 0.788. The molecule has 0 saturated carbocycles. The van der Waals surface area contributed by atoms with Crippen LogP contribution in [0, 0.1) is 0 Å². The van der Waals surface area contributed by atoms with Crippen molar-refractivity contribution in [1.82, 2.24) is 0 Å². The van der Waals surface area contributed by atoms with Crippen LogP contribution in [0.4, 0.5) is 0 Å². The van der Waals surface area contributed by atoms with Gasteiger partial charge in [-0.25, -0.2) is 0 Å². The van der Waals surface area contributed by atoms with Crippen LogP contribution in [-0.4, -0.2) is 69.1 Å². The summed E-state index contributed by atoms with van der Waals surface area (Å²) in [7, 11) is 0. The quantitative estimate of drug-likeness (QED) is 0.177.